The van der Waals surface area contributed by atoms with Crippen molar-refractivity contribution in [2.45, 2.75) is 6.54 Å². The second-order valence-corrected chi connectivity index (χ2v) is 6.88. The SMILES string of the molecule is N#Cc1ccccc1NC(=O)C(=O)NCc1cc(-c2ccsc2)cs1. The second kappa shape index (κ2) is 7.75. The number of para-hydroxylation sites is 1. The average Bonchev–Trinajstić information content (AvgIpc) is 3.31. The minimum Gasteiger partial charge on any atom is -0.343 e. The molecule has 0 aliphatic rings. The molecule has 2 amide bonds. The predicted molar refractivity (Wildman–Crippen MR) is 99.3 cm³/mol. The van der Waals surface area contributed by atoms with Gasteiger partial charge in [0.1, 0.15) is 6.07 Å². The van der Waals surface area contributed by atoms with Gasteiger partial charge in [-0.2, -0.15) is 16.6 Å². The predicted octanol–water partition coefficient (Wildman–Crippen LogP) is 3.60. The van der Waals surface area contributed by atoms with Gasteiger partial charge < -0.3 is 10.6 Å². The summed E-state index contributed by atoms with van der Waals surface area (Å²) < 4.78 is 0. The average molecular weight is 367 g/mol. The fraction of sp³-hybridized carbons (Fsp3) is 0.0556. The summed E-state index contributed by atoms with van der Waals surface area (Å²) in [6, 6.07) is 12.5. The van der Waals surface area contributed by atoms with Crippen molar-refractivity contribution in [3.8, 4) is 17.2 Å². The zero-order chi connectivity index (χ0) is 17.6. The van der Waals surface area contributed by atoms with E-state index in [-0.39, 0.29) is 6.54 Å². The van der Waals surface area contributed by atoms with Crippen molar-refractivity contribution < 1.29 is 9.59 Å². The Morgan fingerprint density at radius 3 is 2.68 bits per heavy atom. The summed E-state index contributed by atoms with van der Waals surface area (Å²) in [4.78, 5) is 24.9. The largest absolute Gasteiger partial charge is 0.343 e. The Balaban J connectivity index is 1.57. The number of benzene rings is 1. The number of rotatable bonds is 4. The van der Waals surface area contributed by atoms with Crippen molar-refractivity contribution in [3.63, 3.8) is 0 Å². The van der Waals surface area contributed by atoms with E-state index < -0.39 is 11.8 Å². The van der Waals surface area contributed by atoms with Gasteiger partial charge in [0.2, 0.25) is 0 Å². The van der Waals surface area contributed by atoms with Gasteiger partial charge in [0.15, 0.2) is 0 Å². The summed E-state index contributed by atoms with van der Waals surface area (Å²) >= 11 is 3.16. The number of nitriles is 1. The zero-order valence-corrected chi connectivity index (χ0v) is 14.6. The highest BCUT2D eigenvalue weighted by molar-refractivity contribution is 7.10. The van der Waals surface area contributed by atoms with Gasteiger partial charge in [-0.3, -0.25) is 9.59 Å². The van der Waals surface area contributed by atoms with E-state index in [1.165, 1.54) is 11.3 Å². The maximum atomic E-state index is 12.0. The van der Waals surface area contributed by atoms with Gasteiger partial charge in [0.05, 0.1) is 17.8 Å². The van der Waals surface area contributed by atoms with E-state index in [1.54, 1.807) is 35.6 Å². The number of nitrogens with one attached hydrogen (secondary N) is 2. The number of carbonyl (C=O) groups is 2. The van der Waals surface area contributed by atoms with Crippen LogP contribution in [0.15, 0.2) is 52.5 Å². The Bertz CT molecular complexity index is 939. The first-order valence-corrected chi connectivity index (χ1v) is 9.18. The van der Waals surface area contributed by atoms with E-state index in [2.05, 4.69) is 16.0 Å². The third-order valence-electron chi connectivity index (χ3n) is 3.43. The molecule has 25 heavy (non-hydrogen) atoms. The van der Waals surface area contributed by atoms with Crippen LogP contribution in [0.2, 0.25) is 0 Å². The highest BCUT2D eigenvalue weighted by Gasteiger charge is 2.15. The van der Waals surface area contributed by atoms with Crippen LogP contribution in [0.4, 0.5) is 5.69 Å². The number of carbonyl (C=O) groups excluding carboxylic acids is 2. The first kappa shape index (κ1) is 16.9. The number of hydrogen-bond donors (Lipinski definition) is 2. The topological polar surface area (TPSA) is 82.0 Å². The van der Waals surface area contributed by atoms with Crippen molar-refractivity contribution >= 4 is 40.2 Å². The molecule has 0 bridgehead atoms. The van der Waals surface area contributed by atoms with Gasteiger partial charge in [-0.1, -0.05) is 12.1 Å². The highest BCUT2D eigenvalue weighted by Crippen LogP contribution is 2.27. The molecule has 0 saturated carbocycles. The smallest absolute Gasteiger partial charge is 0.313 e. The normalized spacial score (nSPS) is 10.0. The van der Waals surface area contributed by atoms with Crippen molar-refractivity contribution in [3.05, 3.63) is 63.0 Å². The van der Waals surface area contributed by atoms with Crippen LogP contribution in [-0.2, 0) is 16.1 Å². The monoisotopic (exact) mass is 367 g/mol. The highest BCUT2D eigenvalue weighted by atomic mass is 32.1. The molecular weight excluding hydrogens is 354 g/mol. The lowest BCUT2D eigenvalue weighted by Crippen LogP contribution is -2.34. The van der Waals surface area contributed by atoms with E-state index in [0.717, 1.165) is 16.0 Å². The Hall–Kier alpha value is -2.95. The number of anilines is 1. The molecule has 0 spiro atoms. The summed E-state index contributed by atoms with van der Waals surface area (Å²) in [7, 11) is 0. The maximum Gasteiger partial charge on any atom is 0.313 e. The third kappa shape index (κ3) is 4.12. The van der Waals surface area contributed by atoms with E-state index in [0.29, 0.717) is 11.3 Å². The van der Waals surface area contributed by atoms with Crippen LogP contribution in [0.5, 0.6) is 0 Å². The minimum absolute atomic E-state index is 0.279. The summed E-state index contributed by atoms with van der Waals surface area (Å²) in [6.45, 7) is 0.279. The van der Waals surface area contributed by atoms with Crippen molar-refractivity contribution in [1.29, 1.82) is 5.26 Å². The quantitative estimate of drug-likeness (QED) is 0.691. The number of amides is 2. The molecule has 7 heteroatoms. The molecule has 0 atom stereocenters. The van der Waals surface area contributed by atoms with Crippen LogP contribution >= 0.6 is 22.7 Å². The van der Waals surface area contributed by atoms with Crippen LogP contribution in [0.25, 0.3) is 11.1 Å². The van der Waals surface area contributed by atoms with E-state index in [9.17, 15) is 9.59 Å². The maximum absolute atomic E-state index is 12.0. The van der Waals surface area contributed by atoms with Gasteiger partial charge in [-0.15, -0.1) is 11.3 Å². The van der Waals surface area contributed by atoms with Crippen molar-refractivity contribution in [2.24, 2.45) is 0 Å². The van der Waals surface area contributed by atoms with Crippen molar-refractivity contribution in [1.82, 2.24) is 5.32 Å². The van der Waals surface area contributed by atoms with Gasteiger partial charge in [0.25, 0.3) is 0 Å². The van der Waals surface area contributed by atoms with Gasteiger partial charge in [-0.25, -0.2) is 0 Å². The molecule has 5 nitrogen and oxygen atoms in total. The van der Waals surface area contributed by atoms with Gasteiger partial charge >= 0.3 is 11.8 Å². The zero-order valence-electron chi connectivity index (χ0n) is 13.0. The van der Waals surface area contributed by atoms with Crippen LogP contribution < -0.4 is 10.6 Å². The van der Waals surface area contributed by atoms with Crippen LogP contribution in [0.3, 0.4) is 0 Å². The van der Waals surface area contributed by atoms with E-state index in [4.69, 9.17) is 5.26 Å². The fourth-order valence-corrected chi connectivity index (χ4v) is 3.67. The van der Waals surface area contributed by atoms with Crippen LogP contribution in [0, 0.1) is 11.3 Å². The number of thiophene rings is 2. The van der Waals surface area contributed by atoms with Gasteiger partial charge in [0, 0.05) is 4.88 Å². The standard InChI is InChI=1S/C18H13N3O2S2/c19-8-12-3-1-2-4-16(12)21-18(23)17(22)20-9-15-7-14(11-25-15)13-5-6-24-10-13/h1-7,10-11H,9H2,(H,20,22)(H,21,23). The van der Waals surface area contributed by atoms with E-state index >= 15 is 0 Å². The molecule has 0 fully saturated rings. The molecule has 0 aliphatic carbocycles. The molecule has 2 N–H and O–H groups in total. The molecule has 3 rings (SSSR count). The summed E-state index contributed by atoms with van der Waals surface area (Å²) in [6.07, 6.45) is 0. The molecule has 0 saturated heterocycles. The Kier molecular flexibility index (Phi) is 5.23. The summed E-state index contributed by atoms with van der Waals surface area (Å²) in [5, 5.41) is 20.1. The fourth-order valence-electron chi connectivity index (χ4n) is 2.17. The molecule has 124 valence electrons. The van der Waals surface area contributed by atoms with E-state index in [1.807, 2.05) is 29.0 Å². The first-order chi connectivity index (χ1) is 12.2. The molecule has 3 aromatic rings. The van der Waals surface area contributed by atoms with Crippen LogP contribution in [-0.4, -0.2) is 11.8 Å². The number of hydrogen-bond acceptors (Lipinski definition) is 5. The lowest BCUT2D eigenvalue weighted by atomic mass is 10.2. The third-order valence-corrected chi connectivity index (χ3v) is 5.05. The van der Waals surface area contributed by atoms with Crippen molar-refractivity contribution in [2.75, 3.05) is 5.32 Å². The Labute approximate surface area is 152 Å². The summed E-state index contributed by atoms with van der Waals surface area (Å²) in [5.41, 5.74) is 2.87. The Morgan fingerprint density at radius 1 is 1.08 bits per heavy atom. The number of nitrogens with zero attached hydrogens (tertiary/aromatic N) is 1. The second-order valence-electron chi connectivity index (χ2n) is 5.11. The van der Waals surface area contributed by atoms with Gasteiger partial charge in [-0.05, 0) is 51.5 Å². The van der Waals surface area contributed by atoms with Crippen LogP contribution in [0.1, 0.15) is 10.4 Å². The molecule has 2 aromatic heterocycles. The first-order valence-electron chi connectivity index (χ1n) is 7.35. The summed E-state index contributed by atoms with van der Waals surface area (Å²) in [5.74, 6) is -1.53. The Morgan fingerprint density at radius 2 is 1.92 bits per heavy atom. The minimum atomic E-state index is -0.794. The molecule has 1 aromatic carbocycles. The molecule has 0 unspecified atom stereocenters. The molecule has 0 aliphatic heterocycles. The lowest BCUT2D eigenvalue weighted by molar-refractivity contribution is -0.136. The lowest BCUT2D eigenvalue weighted by Gasteiger charge is -2.06. The molecular formula is C18H13N3O2S2. The molecule has 2 heterocycles. The molecule has 0 radical (unpaired) electrons.